The zero-order chi connectivity index (χ0) is 24.4. The van der Waals surface area contributed by atoms with Gasteiger partial charge in [0.2, 0.25) is 0 Å². The van der Waals surface area contributed by atoms with E-state index in [0.29, 0.717) is 36.5 Å². The molecule has 10 heteroatoms. The fourth-order valence-corrected chi connectivity index (χ4v) is 4.11. The standard InChI is InChI=1S/C24H25N5O5/c1-15(18-6-8-19(9-7-18)24(31)34-3)25-22(30)21-16(2)26-28-13-12-27(23(21)28)14-17-4-10-20(11-5-17)29(32)33/h4-11,15H,12-14H2,1-3H3,(H,25,30)/t15-/m0/s1. The highest BCUT2D eigenvalue weighted by molar-refractivity contribution is 6.00. The predicted molar refractivity (Wildman–Crippen MR) is 125 cm³/mol. The molecule has 10 nitrogen and oxygen atoms in total. The van der Waals surface area contributed by atoms with E-state index in [0.717, 1.165) is 16.9 Å². The number of aryl methyl sites for hydroxylation is 1. The van der Waals surface area contributed by atoms with Crippen molar-refractivity contribution in [3.8, 4) is 0 Å². The summed E-state index contributed by atoms with van der Waals surface area (Å²) in [5.41, 5.74) is 3.39. The number of non-ortho nitro benzene ring substituents is 1. The summed E-state index contributed by atoms with van der Waals surface area (Å²) in [6.45, 7) is 5.53. The predicted octanol–water partition coefficient (Wildman–Crippen LogP) is 3.40. The summed E-state index contributed by atoms with van der Waals surface area (Å²) in [4.78, 5) is 37.5. The molecule has 4 rings (SSSR count). The lowest BCUT2D eigenvalue weighted by atomic mass is 10.1. The largest absolute Gasteiger partial charge is 0.465 e. The van der Waals surface area contributed by atoms with E-state index >= 15 is 0 Å². The van der Waals surface area contributed by atoms with E-state index in [2.05, 4.69) is 15.3 Å². The number of nitrogens with one attached hydrogen (secondary N) is 1. The van der Waals surface area contributed by atoms with Gasteiger partial charge >= 0.3 is 5.97 Å². The molecule has 3 aromatic rings. The van der Waals surface area contributed by atoms with Crippen LogP contribution in [0.2, 0.25) is 0 Å². The van der Waals surface area contributed by atoms with Crippen molar-refractivity contribution in [3.63, 3.8) is 0 Å². The molecule has 1 amide bonds. The van der Waals surface area contributed by atoms with Crippen molar-refractivity contribution in [2.24, 2.45) is 0 Å². The number of ether oxygens (including phenoxy) is 1. The second-order valence-corrected chi connectivity index (χ2v) is 8.16. The summed E-state index contributed by atoms with van der Waals surface area (Å²) in [7, 11) is 1.33. The first-order valence-electron chi connectivity index (χ1n) is 10.8. The van der Waals surface area contributed by atoms with Gasteiger partial charge in [0.1, 0.15) is 11.4 Å². The molecule has 0 spiro atoms. The zero-order valence-electron chi connectivity index (χ0n) is 19.1. The van der Waals surface area contributed by atoms with Gasteiger partial charge in [0, 0.05) is 25.2 Å². The van der Waals surface area contributed by atoms with Gasteiger partial charge in [0.15, 0.2) is 0 Å². The first-order valence-corrected chi connectivity index (χ1v) is 10.8. The number of rotatable bonds is 7. The van der Waals surface area contributed by atoms with Crippen LogP contribution in [-0.2, 0) is 17.8 Å². The number of hydrogen-bond donors (Lipinski definition) is 1. The Morgan fingerprint density at radius 3 is 2.44 bits per heavy atom. The molecular formula is C24H25N5O5. The number of esters is 1. The van der Waals surface area contributed by atoms with Crippen molar-refractivity contribution in [2.45, 2.75) is 33.0 Å². The van der Waals surface area contributed by atoms with E-state index in [1.165, 1.54) is 19.2 Å². The van der Waals surface area contributed by atoms with Crippen molar-refractivity contribution < 1.29 is 19.2 Å². The third-order valence-corrected chi connectivity index (χ3v) is 5.91. The molecule has 34 heavy (non-hydrogen) atoms. The van der Waals surface area contributed by atoms with Crippen LogP contribution in [0.3, 0.4) is 0 Å². The van der Waals surface area contributed by atoms with E-state index in [4.69, 9.17) is 4.74 Å². The average molecular weight is 463 g/mol. The molecule has 1 aliphatic heterocycles. The van der Waals surface area contributed by atoms with E-state index in [-0.39, 0.29) is 17.6 Å². The number of fused-ring (bicyclic) bond motifs is 1. The van der Waals surface area contributed by atoms with E-state index in [1.807, 2.05) is 11.6 Å². The van der Waals surface area contributed by atoms with Gasteiger partial charge in [-0.25, -0.2) is 9.48 Å². The van der Waals surface area contributed by atoms with Gasteiger partial charge in [0.25, 0.3) is 11.6 Å². The minimum Gasteiger partial charge on any atom is -0.465 e. The Kier molecular flexibility index (Phi) is 6.31. The van der Waals surface area contributed by atoms with Gasteiger partial charge in [0.05, 0.1) is 35.9 Å². The number of anilines is 1. The first kappa shape index (κ1) is 23.0. The molecule has 0 aliphatic carbocycles. The van der Waals surface area contributed by atoms with Gasteiger partial charge < -0.3 is 15.0 Å². The number of methoxy groups -OCH3 is 1. The molecule has 2 aromatic carbocycles. The van der Waals surface area contributed by atoms with Crippen LogP contribution in [0.1, 0.15) is 50.5 Å². The molecule has 0 radical (unpaired) electrons. The highest BCUT2D eigenvalue weighted by atomic mass is 16.6. The maximum atomic E-state index is 13.3. The molecule has 1 atom stereocenters. The summed E-state index contributed by atoms with van der Waals surface area (Å²) in [6, 6.07) is 13.0. The number of carbonyl (C=O) groups is 2. The highest BCUT2D eigenvalue weighted by Gasteiger charge is 2.30. The van der Waals surface area contributed by atoms with Crippen LogP contribution in [0, 0.1) is 17.0 Å². The topological polar surface area (TPSA) is 120 Å². The average Bonchev–Trinajstić information content (AvgIpc) is 3.36. The van der Waals surface area contributed by atoms with Crippen LogP contribution in [0.15, 0.2) is 48.5 Å². The van der Waals surface area contributed by atoms with Crippen molar-refractivity contribution in [1.82, 2.24) is 15.1 Å². The minimum atomic E-state index is -0.426. The van der Waals surface area contributed by atoms with Crippen LogP contribution < -0.4 is 10.2 Å². The summed E-state index contributed by atoms with van der Waals surface area (Å²) in [5, 5.41) is 18.5. The number of hydrogen-bond acceptors (Lipinski definition) is 7. The number of amides is 1. The van der Waals surface area contributed by atoms with Gasteiger partial charge in [-0.3, -0.25) is 14.9 Å². The van der Waals surface area contributed by atoms with Crippen LogP contribution in [-0.4, -0.2) is 40.2 Å². The lowest BCUT2D eigenvalue weighted by Gasteiger charge is -2.20. The number of nitrogens with zero attached hydrogens (tertiary/aromatic N) is 4. The van der Waals surface area contributed by atoms with E-state index < -0.39 is 10.9 Å². The summed E-state index contributed by atoms with van der Waals surface area (Å²) in [6.07, 6.45) is 0. The van der Waals surface area contributed by atoms with Gasteiger partial charge in [-0.1, -0.05) is 24.3 Å². The Balaban J connectivity index is 1.51. The molecular weight excluding hydrogens is 438 g/mol. The smallest absolute Gasteiger partial charge is 0.337 e. The van der Waals surface area contributed by atoms with Crippen molar-refractivity contribution in [1.29, 1.82) is 0 Å². The van der Waals surface area contributed by atoms with Gasteiger partial charge in [-0.15, -0.1) is 0 Å². The summed E-state index contributed by atoms with van der Waals surface area (Å²) < 4.78 is 6.55. The fraction of sp³-hybridized carbons (Fsp3) is 0.292. The van der Waals surface area contributed by atoms with E-state index in [9.17, 15) is 19.7 Å². The minimum absolute atomic E-state index is 0.0414. The second-order valence-electron chi connectivity index (χ2n) is 8.16. The van der Waals surface area contributed by atoms with Crippen LogP contribution >= 0.6 is 0 Å². The van der Waals surface area contributed by atoms with Crippen LogP contribution in [0.25, 0.3) is 0 Å². The monoisotopic (exact) mass is 463 g/mol. The molecule has 1 aliphatic rings. The Morgan fingerprint density at radius 1 is 1.15 bits per heavy atom. The number of nitro groups is 1. The van der Waals surface area contributed by atoms with E-state index in [1.54, 1.807) is 43.3 Å². The lowest BCUT2D eigenvalue weighted by molar-refractivity contribution is -0.384. The number of aromatic nitrogens is 2. The fourth-order valence-electron chi connectivity index (χ4n) is 4.11. The quantitative estimate of drug-likeness (QED) is 0.324. The molecule has 1 aromatic heterocycles. The molecule has 2 heterocycles. The number of benzene rings is 2. The maximum Gasteiger partial charge on any atom is 0.337 e. The first-order chi connectivity index (χ1) is 16.3. The van der Waals surface area contributed by atoms with Gasteiger partial charge in [-0.05, 0) is 37.1 Å². The Morgan fingerprint density at radius 2 is 1.82 bits per heavy atom. The normalized spacial score (nSPS) is 13.3. The Bertz CT molecular complexity index is 1230. The summed E-state index contributed by atoms with van der Waals surface area (Å²) >= 11 is 0. The van der Waals surface area contributed by atoms with Crippen molar-refractivity contribution in [2.75, 3.05) is 18.6 Å². The maximum absolute atomic E-state index is 13.3. The molecule has 0 saturated carbocycles. The molecule has 1 N–H and O–H groups in total. The van der Waals surface area contributed by atoms with Gasteiger partial charge in [-0.2, -0.15) is 5.10 Å². The second kappa shape index (κ2) is 9.34. The SMILES string of the molecule is COC(=O)c1ccc([C@H](C)NC(=O)c2c(C)nn3c2N(Cc2ccc([N+](=O)[O-])cc2)CC3)cc1. The Labute approximate surface area is 196 Å². The third kappa shape index (κ3) is 4.47. The van der Waals surface area contributed by atoms with Crippen molar-refractivity contribution >= 4 is 23.4 Å². The molecule has 0 saturated heterocycles. The number of carbonyl (C=O) groups excluding carboxylic acids is 2. The molecule has 176 valence electrons. The summed E-state index contributed by atoms with van der Waals surface area (Å²) in [5.74, 6) is 0.0860. The number of nitro benzene ring substituents is 1. The zero-order valence-corrected chi connectivity index (χ0v) is 19.1. The molecule has 0 fully saturated rings. The molecule has 0 unspecified atom stereocenters. The van der Waals surface area contributed by atoms with Crippen LogP contribution in [0.4, 0.5) is 11.5 Å². The highest BCUT2D eigenvalue weighted by Crippen LogP contribution is 2.31. The van der Waals surface area contributed by atoms with Crippen LogP contribution in [0.5, 0.6) is 0 Å². The molecule has 0 bridgehead atoms. The van der Waals surface area contributed by atoms with Crippen molar-refractivity contribution in [3.05, 3.63) is 86.6 Å². The third-order valence-electron chi connectivity index (χ3n) is 5.91. The lowest BCUT2D eigenvalue weighted by Crippen LogP contribution is -2.29. The Hall–Kier alpha value is -4.21.